The smallest absolute Gasteiger partial charge is 0.239 e. The largest absolute Gasteiger partial charge is 0.338 e. The van der Waals surface area contributed by atoms with Crippen LogP contribution in [0.2, 0.25) is 0 Å². The zero-order chi connectivity index (χ0) is 11.4. The average Bonchev–Trinajstić information content (AvgIpc) is 2.30. The minimum Gasteiger partial charge on any atom is -0.338 e. The predicted octanol–water partition coefficient (Wildman–Crippen LogP) is 1.63. The summed E-state index contributed by atoms with van der Waals surface area (Å²) in [5.41, 5.74) is 0. The van der Waals surface area contributed by atoms with Gasteiger partial charge in [0.25, 0.3) is 0 Å². The van der Waals surface area contributed by atoms with Gasteiger partial charge in [-0.2, -0.15) is 0 Å². The van der Waals surface area contributed by atoms with Crippen LogP contribution in [0.1, 0.15) is 40.0 Å². The molecule has 0 aliphatic carbocycles. The minimum atomic E-state index is 0.0358. The van der Waals surface area contributed by atoms with Gasteiger partial charge in [-0.1, -0.05) is 13.8 Å². The van der Waals surface area contributed by atoms with E-state index in [1.807, 2.05) is 7.05 Å². The number of rotatable bonds is 3. The van der Waals surface area contributed by atoms with Gasteiger partial charge in [0.15, 0.2) is 0 Å². The van der Waals surface area contributed by atoms with Crippen LogP contribution >= 0.6 is 0 Å². The van der Waals surface area contributed by atoms with E-state index in [2.05, 4.69) is 31.0 Å². The van der Waals surface area contributed by atoms with E-state index < -0.39 is 0 Å². The molecule has 2 atom stereocenters. The first-order valence-corrected chi connectivity index (χ1v) is 6.04. The highest BCUT2D eigenvalue weighted by atomic mass is 16.2. The molecule has 1 fully saturated rings. The Kier molecular flexibility index (Phi) is 4.58. The molecular weight excluding hydrogens is 188 g/mol. The van der Waals surface area contributed by atoms with Crippen LogP contribution in [0.4, 0.5) is 0 Å². The number of carbonyl (C=O) groups excluding carboxylic acids is 1. The lowest BCUT2D eigenvalue weighted by atomic mass is 10.1. The maximum Gasteiger partial charge on any atom is 0.239 e. The van der Waals surface area contributed by atoms with Gasteiger partial charge in [-0.25, -0.2) is 0 Å². The van der Waals surface area contributed by atoms with E-state index in [0.29, 0.717) is 12.0 Å². The molecule has 0 radical (unpaired) electrons. The summed E-state index contributed by atoms with van der Waals surface area (Å²) in [6.45, 7) is 7.38. The summed E-state index contributed by atoms with van der Waals surface area (Å²) in [7, 11) is 1.88. The van der Waals surface area contributed by atoms with Crippen LogP contribution in [0.15, 0.2) is 0 Å². The van der Waals surface area contributed by atoms with Gasteiger partial charge in [-0.05, 0) is 39.2 Å². The van der Waals surface area contributed by atoms with Crippen LogP contribution in [0.3, 0.4) is 0 Å². The first-order chi connectivity index (χ1) is 7.06. The van der Waals surface area contributed by atoms with Crippen LogP contribution in [-0.2, 0) is 4.79 Å². The number of amides is 1. The van der Waals surface area contributed by atoms with Crippen molar-refractivity contribution < 1.29 is 4.79 Å². The first-order valence-electron chi connectivity index (χ1n) is 6.04. The molecule has 15 heavy (non-hydrogen) atoms. The summed E-state index contributed by atoms with van der Waals surface area (Å²) < 4.78 is 0. The second-order valence-electron chi connectivity index (χ2n) is 5.01. The topological polar surface area (TPSA) is 32.3 Å². The SMILES string of the molecule is CNC1CCCC(C)N(CC(C)C)C1=O. The molecule has 1 saturated heterocycles. The summed E-state index contributed by atoms with van der Waals surface area (Å²) in [6.07, 6.45) is 3.26. The molecule has 0 aromatic carbocycles. The van der Waals surface area contributed by atoms with E-state index in [9.17, 15) is 4.79 Å². The molecule has 2 unspecified atom stereocenters. The Bertz CT molecular complexity index is 216. The highest BCUT2D eigenvalue weighted by molar-refractivity contribution is 5.82. The molecule has 88 valence electrons. The van der Waals surface area contributed by atoms with Crippen molar-refractivity contribution in [3.63, 3.8) is 0 Å². The van der Waals surface area contributed by atoms with E-state index in [1.54, 1.807) is 0 Å². The standard InChI is InChI=1S/C12H24N2O/c1-9(2)8-14-10(3)6-5-7-11(13-4)12(14)15/h9-11,13H,5-8H2,1-4H3. The van der Waals surface area contributed by atoms with Crippen molar-refractivity contribution in [3.8, 4) is 0 Å². The van der Waals surface area contributed by atoms with Crippen molar-refractivity contribution in [3.05, 3.63) is 0 Å². The quantitative estimate of drug-likeness (QED) is 0.771. The van der Waals surface area contributed by atoms with Crippen molar-refractivity contribution in [2.45, 2.75) is 52.1 Å². The third kappa shape index (κ3) is 3.20. The molecule has 3 nitrogen and oxygen atoms in total. The Morgan fingerprint density at radius 2 is 2.13 bits per heavy atom. The van der Waals surface area contributed by atoms with Gasteiger partial charge in [-0.3, -0.25) is 4.79 Å². The number of likely N-dealkylation sites (tertiary alicyclic amines) is 1. The molecule has 1 rings (SSSR count). The Morgan fingerprint density at radius 1 is 1.47 bits per heavy atom. The lowest BCUT2D eigenvalue weighted by Crippen LogP contribution is -2.48. The second-order valence-corrected chi connectivity index (χ2v) is 5.01. The molecule has 1 N–H and O–H groups in total. The average molecular weight is 212 g/mol. The molecule has 1 aliphatic rings. The van der Waals surface area contributed by atoms with E-state index in [4.69, 9.17) is 0 Å². The van der Waals surface area contributed by atoms with E-state index in [1.165, 1.54) is 0 Å². The van der Waals surface area contributed by atoms with Crippen molar-refractivity contribution in [1.82, 2.24) is 10.2 Å². The third-order valence-corrected chi connectivity index (χ3v) is 3.14. The number of likely N-dealkylation sites (N-methyl/N-ethyl adjacent to an activating group) is 1. The molecule has 3 heteroatoms. The molecule has 1 aliphatic heterocycles. The lowest BCUT2D eigenvalue weighted by Gasteiger charge is -2.30. The van der Waals surface area contributed by atoms with Gasteiger partial charge in [0.2, 0.25) is 5.91 Å². The van der Waals surface area contributed by atoms with Gasteiger partial charge in [0.1, 0.15) is 0 Å². The minimum absolute atomic E-state index is 0.0358. The molecule has 0 aromatic heterocycles. The maximum atomic E-state index is 12.2. The summed E-state index contributed by atoms with van der Waals surface area (Å²) >= 11 is 0. The highest BCUT2D eigenvalue weighted by Gasteiger charge is 2.29. The summed E-state index contributed by atoms with van der Waals surface area (Å²) in [5.74, 6) is 0.836. The molecule has 1 heterocycles. The fraction of sp³-hybridized carbons (Fsp3) is 0.917. The Labute approximate surface area is 93.2 Å². The van der Waals surface area contributed by atoms with E-state index >= 15 is 0 Å². The monoisotopic (exact) mass is 212 g/mol. The molecule has 0 bridgehead atoms. The van der Waals surface area contributed by atoms with E-state index in [-0.39, 0.29) is 11.9 Å². The maximum absolute atomic E-state index is 12.2. The summed E-state index contributed by atoms with van der Waals surface area (Å²) in [6, 6.07) is 0.437. The summed E-state index contributed by atoms with van der Waals surface area (Å²) in [5, 5.41) is 3.13. The van der Waals surface area contributed by atoms with Gasteiger partial charge < -0.3 is 10.2 Å². The van der Waals surface area contributed by atoms with Crippen LogP contribution in [-0.4, -0.2) is 36.5 Å². The Hall–Kier alpha value is -0.570. The van der Waals surface area contributed by atoms with Crippen LogP contribution in [0, 0.1) is 5.92 Å². The number of nitrogens with one attached hydrogen (secondary N) is 1. The number of hydrogen-bond donors (Lipinski definition) is 1. The van der Waals surface area contributed by atoms with Crippen molar-refractivity contribution in [2.24, 2.45) is 5.92 Å². The first kappa shape index (κ1) is 12.5. The van der Waals surface area contributed by atoms with Gasteiger partial charge in [0, 0.05) is 12.6 Å². The molecule has 1 amide bonds. The molecule has 0 aromatic rings. The Balaban J connectivity index is 2.72. The normalized spacial score (nSPS) is 28.3. The molecular formula is C12H24N2O. The van der Waals surface area contributed by atoms with Gasteiger partial charge in [0.05, 0.1) is 6.04 Å². The lowest BCUT2D eigenvalue weighted by molar-refractivity contribution is -0.135. The van der Waals surface area contributed by atoms with Crippen molar-refractivity contribution in [1.29, 1.82) is 0 Å². The van der Waals surface area contributed by atoms with Crippen LogP contribution in [0.5, 0.6) is 0 Å². The number of carbonyl (C=O) groups is 1. The zero-order valence-corrected chi connectivity index (χ0v) is 10.4. The molecule has 0 saturated carbocycles. The highest BCUT2D eigenvalue weighted by Crippen LogP contribution is 2.19. The zero-order valence-electron chi connectivity index (χ0n) is 10.4. The fourth-order valence-electron chi connectivity index (χ4n) is 2.25. The number of nitrogens with zero attached hydrogens (tertiary/aromatic N) is 1. The van der Waals surface area contributed by atoms with Gasteiger partial charge in [-0.15, -0.1) is 0 Å². The van der Waals surface area contributed by atoms with Crippen molar-refractivity contribution >= 4 is 5.91 Å². The Morgan fingerprint density at radius 3 is 2.67 bits per heavy atom. The summed E-state index contributed by atoms with van der Waals surface area (Å²) in [4.78, 5) is 14.2. The number of hydrogen-bond acceptors (Lipinski definition) is 2. The van der Waals surface area contributed by atoms with Gasteiger partial charge >= 0.3 is 0 Å². The van der Waals surface area contributed by atoms with E-state index in [0.717, 1.165) is 25.8 Å². The third-order valence-electron chi connectivity index (χ3n) is 3.14. The fourth-order valence-corrected chi connectivity index (χ4v) is 2.25. The van der Waals surface area contributed by atoms with Crippen LogP contribution in [0.25, 0.3) is 0 Å². The van der Waals surface area contributed by atoms with Crippen LogP contribution < -0.4 is 5.32 Å². The second kappa shape index (κ2) is 5.50. The predicted molar refractivity (Wildman–Crippen MR) is 62.7 cm³/mol. The molecule has 0 spiro atoms. The van der Waals surface area contributed by atoms with Crippen molar-refractivity contribution in [2.75, 3.05) is 13.6 Å².